The van der Waals surface area contributed by atoms with E-state index in [1.54, 1.807) is 0 Å². The van der Waals surface area contributed by atoms with Gasteiger partial charge in [-0.05, 0) is 18.8 Å². The summed E-state index contributed by atoms with van der Waals surface area (Å²) in [6, 6.07) is 0. The van der Waals surface area contributed by atoms with Gasteiger partial charge in [0.1, 0.15) is 11.7 Å². The fourth-order valence-corrected chi connectivity index (χ4v) is 7.30. The minimum atomic E-state index is -2.49. The number of carbonyl (C=O) groups is 1. The number of rotatable bonds is 3. The molecule has 0 spiro atoms. The molecule has 5 saturated carbocycles. The SMILES string of the molecule is O=C1C2CC3C4C2C2C1CC(C24[N+](=O)[O-])C3([N+](=O)[O-])[N+](=O)[O-]. The van der Waals surface area contributed by atoms with Crippen molar-refractivity contribution in [3.63, 3.8) is 0 Å². The number of Topliss-reactive ketones (excluding diaryl/α,β-unsaturated/α-hetero) is 1. The molecule has 0 N–H and O–H groups in total. The lowest BCUT2D eigenvalue weighted by molar-refractivity contribution is -0.816. The van der Waals surface area contributed by atoms with Crippen molar-refractivity contribution < 1.29 is 19.6 Å². The van der Waals surface area contributed by atoms with Crippen LogP contribution in [0.2, 0.25) is 0 Å². The molecule has 0 radical (unpaired) electrons. The number of hydrogen-bond acceptors (Lipinski definition) is 7. The molecule has 22 heavy (non-hydrogen) atoms. The highest BCUT2D eigenvalue weighted by Gasteiger charge is 3.02. The van der Waals surface area contributed by atoms with Gasteiger partial charge < -0.3 is 0 Å². The zero-order valence-corrected chi connectivity index (χ0v) is 11.2. The van der Waals surface area contributed by atoms with Crippen molar-refractivity contribution in [3.05, 3.63) is 30.3 Å². The highest BCUT2D eigenvalue weighted by molar-refractivity contribution is 5.89. The van der Waals surface area contributed by atoms with E-state index in [1.807, 2.05) is 0 Å². The van der Waals surface area contributed by atoms with Crippen molar-refractivity contribution in [3.8, 4) is 0 Å². The number of hydrogen-bond donors (Lipinski definition) is 0. The normalized spacial score (nSPS) is 54.4. The smallest absolute Gasteiger partial charge is 0.299 e. The van der Waals surface area contributed by atoms with E-state index in [9.17, 15) is 35.1 Å². The third kappa shape index (κ3) is 0.759. The zero-order chi connectivity index (χ0) is 15.8. The molecule has 5 aliphatic rings. The van der Waals surface area contributed by atoms with Crippen LogP contribution < -0.4 is 0 Å². The molecular formula is C12H11N3O7. The number of nitro groups is 3. The third-order valence-corrected chi connectivity index (χ3v) is 7.48. The van der Waals surface area contributed by atoms with Crippen LogP contribution >= 0.6 is 0 Å². The van der Waals surface area contributed by atoms with Gasteiger partial charge >= 0.3 is 5.66 Å². The van der Waals surface area contributed by atoms with Crippen LogP contribution in [0.25, 0.3) is 0 Å². The molecule has 0 aromatic heterocycles. The standard InChI is InChI=1S/C12H11N3O7/c16-10-3-1-5-9-7(3)8-4(10)2-6(11(8,9)13(17)18)12(5,14(19)20)15(21)22/h3-9H,1-2H2. The Bertz CT molecular complexity index is 693. The first-order valence-electron chi connectivity index (χ1n) is 7.29. The third-order valence-electron chi connectivity index (χ3n) is 7.48. The van der Waals surface area contributed by atoms with Gasteiger partial charge in [0.05, 0.1) is 15.8 Å². The van der Waals surface area contributed by atoms with Gasteiger partial charge in [0.15, 0.2) is 5.92 Å². The predicted molar refractivity (Wildman–Crippen MR) is 65.1 cm³/mol. The summed E-state index contributed by atoms with van der Waals surface area (Å²) >= 11 is 0. The molecule has 0 aromatic carbocycles. The highest BCUT2D eigenvalue weighted by atomic mass is 16.7. The molecule has 0 aromatic rings. The molecule has 0 aliphatic heterocycles. The van der Waals surface area contributed by atoms with E-state index in [1.165, 1.54) is 0 Å². The first kappa shape index (κ1) is 12.4. The van der Waals surface area contributed by atoms with Gasteiger partial charge in [0, 0.05) is 22.7 Å². The minimum Gasteiger partial charge on any atom is -0.299 e. The van der Waals surface area contributed by atoms with E-state index >= 15 is 0 Å². The lowest BCUT2D eigenvalue weighted by atomic mass is 9.54. The average Bonchev–Trinajstić information content (AvgIpc) is 2.96. The topological polar surface area (TPSA) is 146 Å². The van der Waals surface area contributed by atoms with Crippen LogP contribution in [0.3, 0.4) is 0 Å². The van der Waals surface area contributed by atoms with Gasteiger partial charge in [-0.2, -0.15) is 0 Å². The van der Waals surface area contributed by atoms with Crippen molar-refractivity contribution in [2.75, 3.05) is 0 Å². The predicted octanol–water partition coefficient (Wildman–Crippen LogP) is -0.0177. The Labute approximate surface area is 122 Å². The molecule has 8 atom stereocenters. The molecule has 116 valence electrons. The van der Waals surface area contributed by atoms with Gasteiger partial charge in [-0.3, -0.25) is 35.1 Å². The second kappa shape index (κ2) is 2.99. The molecule has 0 heterocycles. The Morgan fingerprint density at radius 2 is 1.55 bits per heavy atom. The van der Waals surface area contributed by atoms with Gasteiger partial charge in [-0.15, -0.1) is 0 Å². The van der Waals surface area contributed by atoms with Crippen molar-refractivity contribution in [1.29, 1.82) is 0 Å². The second-order valence-corrected chi connectivity index (χ2v) is 7.32. The molecule has 0 bridgehead atoms. The molecule has 5 aliphatic carbocycles. The monoisotopic (exact) mass is 309 g/mol. The molecule has 10 nitrogen and oxygen atoms in total. The van der Waals surface area contributed by atoms with E-state index in [0.29, 0.717) is 0 Å². The average molecular weight is 309 g/mol. The van der Waals surface area contributed by atoms with Crippen molar-refractivity contribution in [2.24, 2.45) is 41.4 Å². The molecule has 0 amide bonds. The quantitative estimate of drug-likeness (QED) is 0.404. The van der Waals surface area contributed by atoms with Gasteiger partial charge in [-0.25, -0.2) is 0 Å². The summed E-state index contributed by atoms with van der Waals surface area (Å²) in [7, 11) is 0. The van der Waals surface area contributed by atoms with E-state index in [-0.39, 0.29) is 24.5 Å². The Kier molecular flexibility index (Phi) is 1.69. The van der Waals surface area contributed by atoms with Crippen LogP contribution in [-0.4, -0.2) is 31.8 Å². The maximum Gasteiger partial charge on any atom is 0.471 e. The Morgan fingerprint density at radius 1 is 0.909 bits per heavy atom. The maximum atomic E-state index is 12.4. The fraction of sp³-hybridized carbons (Fsp3) is 0.917. The summed E-state index contributed by atoms with van der Waals surface area (Å²) in [5, 5.41) is 35.2. The zero-order valence-electron chi connectivity index (χ0n) is 11.2. The summed E-state index contributed by atoms with van der Waals surface area (Å²) in [5.41, 5.74) is -4.12. The summed E-state index contributed by atoms with van der Waals surface area (Å²) in [4.78, 5) is 45.3. The van der Waals surface area contributed by atoms with E-state index < -0.39 is 61.5 Å². The van der Waals surface area contributed by atoms with Crippen molar-refractivity contribution >= 4 is 5.78 Å². The van der Waals surface area contributed by atoms with E-state index in [2.05, 4.69) is 0 Å². The Hall–Kier alpha value is -2.13. The minimum absolute atomic E-state index is 0.0472. The van der Waals surface area contributed by atoms with E-state index in [0.717, 1.165) is 0 Å². The van der Waals surface area contributed by atoms with Crippen molar-refractivity contribution in [1.82, 2.24) is 0 Å². The lowest BCUT2D eigenvalue weighted by Crippen LogP contribution is -2.65. The van der Waals surface area contributed by atoms with E-state index in [4.69, 9.17) is 0 Å². The molecule has 5 rings (SSSR count). The van der Waals surface area contributed by atoms with Crippen LogP contribution in [0.5, 0.6) is 0 Å². The first-order chi connectivity index (χ1) is 10.3. The van der Waals surface area contributed by atoms with Crippen molar-refractivity contribution in [2.45, 2.75) is 24.0 Å². The van der Waals surface area contributed by atoms with Crippen LogP contribution in [-0.2, 0) is 4.79 Å². The van der Waals surface area contributed by atoms with Gasteiger partial charge in [-0.1, -0.05) is 0 Å². The number of nitrogens with zero attached hydrogens (tertiary/aromatic N) is 3. The molecule has 0 saturated heterocycles. The number of ketones is 1. The molecule has 8 unspecified atom stereocenters. The van der Waals surface area contributed by atoms with Gasteiger partial charge in [0.2, 0.25) is 5.54 Å². The maximum absolute atomic E-state index is 12.4. The lowest BCUT2D eigenvalue weighted by Gasteiger charge is -2.46. The van der Waals surface area contributed by atoms with Crippen LogP contribution in [0, 0.1) is 71.8 Å². The first-order valence-corrected chi connectivity index (χ1v) is 7.29. The summed E-state index contributed by atoms with van der Waals surface area (Å²) in [5.74, 6) is -4.82. The van der Waals surface area contributed by atoms with Crippen LogP contribution in [0.15, 0.2) is 0 Å². The summed E-state index contributed by atoms with van der Waals surface area (Å²) < 4.78 is 0. The summed E-state index contributed by atoms with van der Waals surface area (Å²) in [6.07, 6.45) is -0.0122. The summed E-state index contributed by atoms with van der Waals surface area (Å²) in [6.45, 7) is 0. The Morgan fingerprint density at radius 3 is 2.09 bits per heavy atom. The highest BCUT2D eigenvalue weighted by Crippen LogP contribution is 2.83. The van der Waals surface area contributed by atoms with Crippen LogP contribution in [0.4, 0.5) is 0 Å². The largest absolute Gasteiger partial charge is 0.471 e. The molecule has 10 heteroatoms. The second-order valence-electron chi connectivity index (χ2n) is 7.32. The van der Waals surface area contributed by atoms with Crippen LogP contribution in [0.1, 0.15) is 12.8 Å². The molecule has 5 fully saturated rings. The fourth-order valence-electron chi connectivity index (χ4n) is 7.30. The van der Waals surface area contributed by atoms with Gasteiger partial charge in [0.25, 0.3) is 0 Å². The Balaban J connectivity index is 1.84. The number of carbonyl (C=O) groups excluding carboxylic acids is 1. The molecular weight excluding hydrogens is 298 g/mol.